The summed E-state index contributed by atoms with van der Waals surface area (Å²) in [7, 11) is 0. The van der Waals surface area contributed by atoms with E-state index in [1.165, 1.54) is 0 Å². The third kappa shape index (κ3) is 3.37. The highest BCUT2D eigenvalue weighted by atomic mass is 32.2. The van der Waals surface area contributed by atoms with E-state index in [1.54, 1.807) is 30.5 Å². The zero-order chi connectivity index (χ0) is 18.8. The van der Waals surface area contributed by atoms with Gasteiger partial charge in [0.15, 0.2) is 11.1 Å². The lowest BCUT2D eigenvalue weighted by molar-refractivity contribution is -0.108. The molecule has 1 aromatic heterocycles. The molecule has 0 spiro atoms. The van der Waals surface area contributed by atoms with Crippen LogP contribution in [0.25, 0.3) is 11.3 Å². The van der Waals surface area contributed by atoms with E-state index < -0.39 is 17.0 Å². The van der Waals surface area contributed by atoms with Crippen molar-refractivity contribution in [3.05, 3.63) is 89.4 Å². The van der Waals surface area contributed by atoms with Gasteiger partial charge in [-0.3, -0.25) is 0 Å². The van der Waals surface area contributed by atoms with Crippen molar-refractivity contribution in [3.8, 4) is 5.75 Å². The number of aldehydes is 1. The molecule has 2 aromatic carbocycles. The number of fused-ring (bicyclic) bond motifs is 1. The monoisotopic (exact) mass is 380 g/mol. The molecule has 0 saturated heterocycles. The van der Waals surface area contributed by atoms with Crippen molar-refractivity contribution in [1.82, 2.24) is 0 Å². The largest absolute Gasteiger partial charge is 0.465 e. The molecule has 1 aliphatic rings. The molecule has 27 heavy (non-hydrogen) atoms. The lowest BCUT2D eigenvalue weighted by Crippen LogP contribution is -2.15. The lowest BCUT2D eigenvalue weighted by Gasteiger charge is -2.27. The molecule has 136 valence electrons. The van der Waals surface area contributed by atoms with Gasteiger partial charge in [-0.2, -0.15) is 0 Å². The molecule has 1 N–H and O–H groups in total. The predicted molar refractivity (Wildman–Crippen MR) is 102 cm³/mol. The second-order valence-corrected chi connectivity index (χ2v) is 7.07. The van der Waals surface area contributed by atoms with E-state index in [9.17, 15) is 9.00 Å². The summed E-state index contributed by atoms with van der Waals surface area (Å²) in [6.07, 6.45) is 2.45. The van der Waals surface area contributed by atoms with E-state index in [2.05, 4.69) is 0 Å². The molecule has 0 bridgehead atoms. The van der Waals surface area contributed by atoms with Gasteiger partial charge in [0.2, 0.25) is 0 Å². The van der Waals surface area contributed by atoms with Crippen molar-refractivity contribution < 1.29 is 22.7 Å². The Bertz CT molecular complexity index is 1020. The van der Waals surface area contributed by atoms with Gasteiger partial charge in [0, 0.05) is 11.1 Å². The van der Waals surface area contributed by atoms with Gasteiger partial charge in [-0.1, -0.05) is 42.5 Å². The zero-order valence-corrected chi connectivity index (χ0v) is 15.0. The molecule has 2 atom stereocenters. The van der Waals surface area contributed by atoms with Gasteiger partial charge in [0.25, 0.3) is 0 Å². The van der Waals surface area contributed by atoms with Gasteiger partial charge >= 0.3 is 0 Å². The Morgan fingerprint density at radius 3 is 2.48 bits per heavy atom. The first kappa shape index (κ1) is 17.5. The zero-order valence-electron chi connectivity index (χ0n) is 14.2. The van der Waals surface area contributed by atoms with E-state index >= 15 is 0 Å². The number of carbonyl (C=O) groups excluding carboxylic acids is 1. The van der Waals surface area contributed by atoms with Crippen LogP contribution in [0.3, 0.4) is 0 Å². The van der Waals surface area contributed by atoms with Crippen LogP contribution in [0.15, 0.2) is 71.3 Å². The molecule has 0 saturated carbocycles. The quantitative estimate of drug-likeness (QED) is 0.529. The standard InChI is InChI=1S/C21H16O5S/c22-12-17-16-4-1-2-5-18(16)26-21(20(17)19-6-3-11-25-19)15-9-7-14(8-10-15)13-27(23)24/h1-12,17H,13H2,(H,23,24). The summed E-state index contributed by atoms with van der Waals surface area (Å²) in [6.45, 7) is 0. The normalized spacial score (nSPS) is 17.1. The predicted octanol–water partition coefficient (Wildman–Crippen LogP) is 4.24. The fourth-order valence-corrected chi connectivity index (χ4v) is 3.72. The van der Waals surface area contributed by atoms with Crippen LogP contribution < -0.4 is 4.74 Å². The molecule has 0 radical (unpaired) electrons. The molecule has 0 amide bonds. The van der Waals surface area contributed by atoms with E-state index in [-0.39, 0.29) is 5.75 Å². The van der Waals surface area contributed by atoms with Gasteiger partial charge < -0.3 is 18.5 Å². The highest BCUT2D eigenvalue weighted by Gasteiger charge is 2.32. The molecule has 0 aliphatic carbocycles. The summed E-state index contributed by atoms with van der Waals surface area (Å²) < 4.78 is 31.8. The van der Waals surface area contributed by atoms with Crippen LogP contribution in [0.1, 0.15) is 28.4 Å². The highest BCUT2D eigenvalue weighted by Crippen LogP contribution is 2.45. The first-order valence-electron chi connectivity index (χ1n) is 8.34. The van der Waals surface area contributed by atoms with Crippen LogP contribution in [-0.4, -0.2) is 15.0 Å². The van der Waals surface area contributed by atoms with Crippen LogP contribution in [-0.2, 0) is 21.6 Å². The van der Waals surface area contributed by atoms with Crippen molar-refractivity contribution in [1.29, 1.82) is 0 Å². The maximum atomic E-state index is 12.0. The molecule has 2 heterocycles. The van der Waals surface area contributed by atoms with Crippen molar-refractivity contribution in [2.75, 3.05) is 0 Å². The second kappa shape index (κ2) is 7.34. The molecular weight excluding hydrogens is 364 g/mol. The van der Waals surface area contributed by atoms with Gasteiger partial charge in [-0.15, -0.1) is 0 Å². The molecule has 1 aliphatic heterocycles. The van der Waals surface area contributed by atoms with Crippen molar-refractivity contribution in [2.24, 2.45) is 0 Å². The average molecular weight is 380 g/mol. The van der Waals surface area contributed by atoms with Crippen molar-refractivity contribution in [2.45, 2.75) is 11.7 Å². The van der Waals surface area contributed by atoms with Crippen LogP contribution in [0.2, 0.25) is 0 Å². The van der Waals surface area contributed by atoms with Crippen LogP contribution >= 0.6 is 0 Å². The van der Waals surface area contributed by atoms with Gasteiger partial charge in [0.1, 0.15) is 23.6 Å². The number of hydrogen-bond acceptors (Lipinski definition) is 4. The fraction of sp³-hybridized carbons (Fsp3) is 0.0952. The summed E-state index contributed by atoms with van der Waals surface area (Å²) in [5.41, 5.74) is 2.94. The topological polar surface area (TPSA) is 76.7 Å². The Morgan fingerprint density at radius 1 is 1.04 bits per heavy atom. The van der Waals surface area contributed by atoms with Crippen molar-refractivity contribution >= 4 is 28.7 Å². The Kier molecular flexibility index (Phi) is 4.75. The number of ether oxygens (including phenoxy) is 1. The number of hydrogen-bond donors (Lipinski definition) is 1. The summed E-state index contributed by atoms with van der Waals surface area (Å²) in [5, 5.41) is 0. The lowest BCUT2D eigenvalue weighted by atomic mass is 9.86. The first-order chi connectivity index (χ1) is 13.2. The van der Waals surface area contributed by atoms with E-state index in [0.717, 1.165) is 23.0 Å². The van der Waals surface area contributed by atoms with E-state index in [0.29, 0.717) is 22.8 Å². The molecule has 2 unspecified atom stereocenters. The number of allylic oxidation sites excluding steroid dienone is 1. The number of benzene rings is 2. The molecule has 5 nitrogen and oxygen atoms in total. The van der Waals surface area contributed by atoms with Gasteiger partial charge in [0.05, 0.1) is 23.5 Å². The third-order valence-corrected chi connectivity index (χ3v) is 5.03. The minimum Gasteiger partial charge on any atom is -0.465 e. The molecule has 4 rings (SSSR count). The smallest absolute Gasteiger partial charge is 0.157 e. The Labute approximate surface area is 158 Å². The first-order valence-corrected chi connectivity index (χ1v) is 9.62. The van der Waals surface area contributed by atoms with E-state index in [4.69, 9.17) is 13.7 Å². The molecule has 0 fully saturated rings. The maximum absolute atomic E-state index is 12.0. The van der Waals surface area contributed by atoms with Crippen LogP contribution in [0, 0.1) is 0 Å². The number of furan rings is 1. The highest BCUT2D eigenvalue weighted by molar-refractivity contribution is 7.78. The van der Waals surface area contributed by atoms with Crippen LogP contribution in [0.5, 0.6) is 5.75 Å². The number of carbonyl (C=O) groups is 1. The number of rotatable bonds is 5. The molecule has 6 heteroatoms. The minimum absolute atomic E-state index is 0.0605. The minimum atomic E-state index is -1.90. The average Bonchev–Trinajstić information content (AvgIpc) is 3.21. The Morgan fingerprint density at radius 2 is 1.81 bits per heavy atom. The summed E-state index contributed by atoms with van der Waals surface area (Å²) in [4.78, 5) is 12.0. The SMILES string of the molecule is O=CC1C(c2ccco2)=C(c2ccc(CS(=O)O)cc2)Oc2ccccc21. The molecule has 3 aromatic rings. The maximum Gasteiger partial charge on any atom is 0.157 e. The fourth-order valence-electron chi connectivity index (χ4n) is 3.24. The Hall–Kier alpha value is -2.96. The summed E-state index contributed by atoms with van der Waals surface area (Å²) >= 11 is -1.90. The second-order valence-electron chi connectivity index (χ2n) is 6.14. The van der Waals surface area contributed by atoms with Crippen molar-refractivity contribution in [3.63, 3.8) is 0 Å². The van der Waals surface area contributed by atoms with Gasteiger partial charge in [-0.25, -0.2) is 4.21 Å². The third-order valence-electron chi connectivity index (χ3n) is 4.45. The summed E-state index contributed by atoms with van der Waals surface area (Å²) in [6, 6.07) is 18.2. The number of para-hydroxylation sites is 1. The summed E-state index contributed by atoms with van der Waals surface area (Å²) in [5.74, 6) is 1.28. The van der Waals surface area contributed by atoms with E-state index in [1.807, 2.05) is 36.4 Å². The Balaban J connectivity index is 1.86. The van der Waals surface area contributed by atoms with Gasteiger partial charge in [-0.05, 0) is 23.8 Å². The van der Waals surface area contributed by atoms with Crippen LogP contribution in [0.4, 0.5) is 0 Å². The molecular formula is C21H16O5S.